The molecule has 0 saturated carbocycles. The van der Waals surface area contributed by atoms with Gasteiger partial charge >= 0.3 is 5.17 Å². The van der Waals surface area contributed by atoms with Crippen LogP contribution in [0.15, 0.2) is 70.3 Å². The molecule has 128 valence electrons. The van der Waals surface area contributed by atoms with E-state index in [1.165, 1.54) is 0 Å². The van der Waals surface area contributed by atoms with Gasteiger partial charge in [0, 0.05) is 15.7 Å². The van der Waals surface area contributed by atoms with Crippen molar-refractivity contribution in [2.24, 2.45) is 0 Å². The summed E-state index contributed by atoms with van der Waals surface area (Å²) in [5.41, 5.74) is 3.35. The molecule has 4 nitrogen and oxygen atoms in total. The Labute approximate surface area is 159 Å². The van der Waals surface area contributed by atoms with Crippen molar-refractivity contribution in [1.82, 2.24) is 5.32 Å². The largest absolute Gasteiger partial charge is 0.322 e. The highest BCUT2D eigenvalue weighted by Crippen LogP contribution is 2.25. The van der Waals surface area contributed by atoms with Gasteiger partial charge in [-0.3, -0.25) is 9.79 Å². The van der Waals surface area contributed by atoms with Crippen LogP contribution in [0.25, 0.3) is 0 Å². The number of hydrogen-bond acceptors (Lipinski definition) is 3. The Balaban J connectivity index is 1.96. The van der Waals surface area contributed by atoms with Crippen LogP contribution in [0.1, 0.15) is 18.5 Å². The number of carbonyl (C=O) groups is 1. The monoisotopic (exact) mass is 416 g/mol. The first kappa shape index (κ1) is 17.8. The number of anilines is 1. The second-order valence-electron chi connectivity index (χ2n) is 5.65. The third kappa shape index (κ3) is 4.14. The van der Waals surface area contributed by atoms with Gasteiger partial charge in [0.15, 0.2) is 6.04 Å². The summed E-state index contributed by atoms with van der Waals surface area (Å²) in [6.45, 7) is 1.93. The van der Waals surface area contributed by atoms with Crippen LogP contribution in [0.2, 0.25) is 0 Å². The van der Waals surface area contributed by atoms with E-state index in [9.17, 15) is 4.79 Å². The number of carbonyl (C=O) groups excluding carboxylic acids is 1. The fraction of sp³-hybridized carbons (Fsp3) is 0.158. The summed E-state index contributed by atoms with van der Waals surface area (Å²) in [5, 5.41) is 7.19. The Morgan fingerprint density at radius 3 is 2.48 bits per heavy atom. The molecule has 0 bridgehead atoms. The van der Waals surface area contributed by atoms with Crippen LogP contribution in [-0.2, 0) is 4.79 Å². The van der Waals surface area contributed by atoms with Crippen molar-refractivity contribution in [2.45, 2.75) is 13.0 Å². The van der Waals surface area contributed by atoms with E-state index < -0.39 is 0 Å². The molecule has 2 aromatic carbocycles. The molecule has 1 aliphatic heterocycles. The second-order valence-corrected chi connectivity index (χ2v) is 7.38. The van der Waals surface area contributed by atoms with E-state index in [0.29, 0.717) is 5.57 Å². The van der Waals surface area contributed by atoms with Crippen molar-refractivity contribution in [3.63, 3.8) is 0 Å². The number of amidine groups is 1. The molecule has 3 N–H and O–H groups in total. The highest BCUT2D eigenvalue weighted by atomic mass is 79.9. The lowest BCUT2D eigenvalue weighted by atomic mass is 9.96. The summed E-state index contributed by atoms with van der Waals surface area (Å²) >= 11 is 5.05. The molecule has 0 aromatic heterocycles. The number of halogens is 1. The van der Waals surface area contributed by atoms with Gasteiger partial charge in [0.2, 0.25) is 0 Å². The zero-order valence-corrected chi connectivity index (χ0v) is 16.4. The average molecular weight is 417 g/mol. The molecule has 0 radical (unpaired) electrons. The van der Waals surface area contributed by atoms with E-state index in [2.05, 4.69) is 31.6 Å². The van der Waals surface area contributed by atoms with Crippen molar-refractivity contribution in [2.75, 3.05) is 11.6 Å². The number of allylic oxidation sites excluding steroid dienone is 1. The highest BCUT2D eigenvalue weighted by molar-refractivity contribution is 9.10. The SMILES string of the molecule is CSC1=[NH+]C(c2ccc(Br)cc2)C(C(=O)Nc2ccccc2)=C(C)N1. The summed E-state index contributed by atoms with van der Waals surface area (Å²) in [4.78, 5) is 16.4. The fourth-order valence-electron chi connectivity index (χ4n) is 2.73. The molecule has 1 atom stereocenters. The van der Waals surface area contributed by atoms with Crippen LogP contribution in [-0.4, -0.2) is 17.3 Å². The van der Waals surface area contributed by atoms with E-state index in [-0.39, 0.29) is 11.9 Å². The second kappa shape index (κ2) is 7.89. The van der Waals surface area contributed by atoms with Crippen LogP contribution >= 0.6 is 27.7 Å². The molecule has 0 aliphatic carbocycles. The van der Waals surface area contributed by atoms with E-state index in [1.807, 2.05) is 67.8 Å². The number of benzene rings is 2. The van der Waals surface area contributed by atoms with Crippen molar-refractivity contribution < 1.29 is 9.79 Å². The molecule has 1 unspecified atom stereocenters. The van der Waals surface area contributed by atoms with Gasteiger partial charge < -0.3 is 5.32 Å². The molecule has 2 aromatic rings. The molecule has 3 rings (SSSR count). The van der Waals surface area contributed by atoms with Gasteiger partial charge in [-0.25, -0.2) is 5.32 Å². The normalized spacial score (nSPS) is 16.9. The third-order valence-corrected chi connectivity index (χ3v) is 5.11. The van der Waals surface area contributed by atoms with Gasteiger partial charge in [-0.05, 0) is 49.2 Å². The maximum absolute atomic E-state index is 12.9. The Hall–Kier alpha value is -2.05. The number of nitrogens with one attached hydrogen (secondary N) is 3. The quantitative estimate of drug-likeness (QED) is 0.720. The Kier molecular flexibility index (Phi) is 5.60. The topological polar surface area (TPSA) is 55.1 Å². The molecular formula is C19H19BrN3OS+. The van der Waals surface area contributed by atoms with E-state index in [0.717, 1.165) is 26.6 Å². The molecule has 0 spiro atoms. The Morgan fingerprint density at radius 1 is 1.16 bits per heavy atom. The first-order chi connectivity index (χ1) is 12.1. The van der Waals surface area contributed by atoms with Crippen LogP contribution in [0.5, 0.6) is 0 Å². The number of amides is 1. The Morgan fingerprint density at radius 2 is 1.84 bits per heavy atom. The zero-order chi connectivity index (χ0) is 17.8. The lowest BCUT2D eigenvalue weighted by Gasteiger charge is -2.21. The van der Waals surface area contributed by atoms with Crippen molar-refractivity contribution in [3.05, 3.63) is 75.9 Å². The molecule has 25 heavy (non-hydrogen) atoms. The average Bonchev–Trinajstić information content (AvgIpc) is 2.62. The molecular weight excluding hydrogens is 398 g/mol. The van der Waals surface area contributed by atoms with Crippen molar-refractivity contribution in [3.8, 4) is 0 Å². The minimum Gasteiger partial charge on any atom is -0.322 e. The number of para-hydroxylation sites is 1. The highest BCUT2D eigenvalue weighted by Gasteiger charge is 2.33. The molecule has 1 heterocycles. The molecule has 1 aliphatic rings. The number of rotatable bonds is 3. The standard InChI is InChI=1S/C19H18BrN3OS/c1-12-16(18(24)22-15-6-4-3-5-7-15)17(23-19(21-12)25-2)13-8-10-14(20)11-9-13/h3-11,17H,1-2H3,(H,21,23)(H,22,24)/p+1. The smallest absolute Gasteiger partial charge is 0.309 e. The first-order valence-electron chi connectivity index (χ1n) is 7.85. The predicted octanol–water partition coefficient (Wildman–Crippen LogP) is 2.81. The third-order valence-electron chi connectivity index (χ3n) is 3.95. The summed E-state index contributed by atoms with van der Waals surface area (Å²) in [7, 11) is 0. The van der Waals surface area contributed by atoms with Gasteiger partial charge in [-0.2, -0.15) is 0 Å². The molecule has 1 amide bonds. The Bertz CT molecular complexity index is 832. The van der Waals surface area contributed by atoms with Crippen LogP contribution in [0, 0.1) is 0 Å². The summed E-state index contributed by atoms with van der Waals surface area (Å²) < 4.78 is 1.01. The van der Waals surface area contributed by atoms with Gasteiger partial charge in [0.1, 0.15) is 11.3 Å². The molecule has 0 saturated heterocycles. The number of hydrogen-bond donors (Lipinski definition) is 3. The number of thioether (sulfide) groups is 1. The van der Waals surface area contributed by atoms with Gasteiger partial charge in [-0.15, -0.1) is 0 Å². The zero-order valence-electron chi connectivity index (χ0n) is 14.0. The van der Waals surface area contributed by atoms with E-state index in [1.54, 1.807) is 11.8 Å². The summed E-state index contributed by atoms with van der Waals surface area (Å²) in [5.74, 6) is -0.114. The van der Waals surface area contributed by atoms with Crippen LogP contribution in [0.3, 0.4) is 0 Å². The maximum Gasteiger partial charge on any atom is 0.309 e. The summed E-state index contributed by atoms with van der Waals surface area (Å²) in [6, 6.07) is 17.3. The predicted molar refractivity (Wildman–Crippen MR) is 107 cm³/mol. The van der Waals surface area contributed by atoms with Crippen LogP contribution < -0.4 is 15.6 Å². The summed E-state index contributed by atoms with van der Waals surface area (Å²) in [6.07, 6.45) is 2.00. The van der Waals surface area contributed by atoms with Crippen LogP contribution in [0.4, 0.5) is 5.69 Å². The minimum absolute atomic E-state index is 0.114. The maximum atomic E-state index is 12.9. The van der Waals surface area contributed by atoms with Crippen molar-refractivity contribution >= 4 is 44.5 Å². The van der Waals surface area contributed by atoms with E-state index in [4.69, 9.17) is 0 Å². The minimum atomic E-state index is -0.208. The molecule has 6 heteroatoms. The first-order valence-corrected chi connectivity index (χ1v) is 9.87. The fourth-order valence-corrected chi connectivity index (χ4v) is 3.49. The van der Waals surface area contributed by atoms with Gasteiger partial charge in [0.05, 0.1) is 0 Å². The lowest BCUT2D eigenvalue weighted by molar-refractivity contribution is -0.498. The van der Waals surface area contributed by atoms with Gasteiger partial charge in [0.25, 0.3) is 5.91 Å². The van der Waals surface area contributed by atoms with Gasteiger partial charge in [-0.1, -0.05) is 46.3 Å². The van der Waals surface area contributed by atoms with Crippen molar-refractivity contribution in [1.29, 1.82) is 0 Å². The van der Waals surface area contributed by atoms with E-state index >= 15 is 0 Å². The lowest BCUT2D eigenvalue weighted by Crippen LogP contribution is -2.79. The molecule has 0 fully saturated rings.